The molecule has 2 aromatic heterocycles. The number of halogens is 2. The number of rotatable bonds is 2. The molecule has 0 unspecified atom stereocenters. The topological polar surface area (TPSA) is 77.5 Å². The molecule has 0 fully saturated rings. The van der Waals surface area contributed by atoms with Crippen molar-refractivity contribution in [2.24, 2.45) is 12.0 Å². The second-order valence-corrected chi connectivity index (χ2v) is 7.78. The Morgan fingerprint density at radius 3 is 2.67 bits per heavy atom. The number of hydrogen-bond donors (Lipinski definition) is 0. The van der Waals surface area contributed by atoms with Crippen LogP contribution in [0, 0.1) is 21.7 Å². The zero-order valence-electron chi connectivity index (χ0n) is 13.6. The third kappa shape index (κ3) is 3.02. The summed E-state index contributed by atoms with van der Waals surface area (Å²) in [6.07, 6.45) is 0. The molecule has 0 aliphatic rings. The molecule has 0 spiro atoms. The van der Waals surface area contributed by atoms with Crippen molar-refractivity contribution in [2.45, 2.75) is 0 Å². The van der Waals surface area contributed by atoms with Crippen LogP contribution in [-0.2, 0) is 7.05 Å². The van der Waals surface area contributed by atoms with E-state index >= 15 is 0 Å². The Labute approximate surface area is 157 Å². The fraction of sp³-hybridized carbons (Fsp3) is 0.0588. The Hall–Kier alpha value is -2.98. The van der Waals surface area contributed by atoms with Crippen molar-refractivity contribution in [3.8, 4) is 0 Å². The molecular weight excluding hydrogens is 396 g/mol. The molecule has 4 aromatic rings. The van der Waals surface area contributed by atoms with E-state index in [1.165, 1.54) is 28.8 Å². The summed E-state index contributed by atoms with van der Waals surface area (Å²) in [6.45, 7) is 0. The lowest BCUT2D eigenvalue weighted by Crippen LogP contribution is -2.13. The Morgan fingerprint density at radius 2 is 1.93 bits per heavy atom. The van der Waals surface area contributed by atoms with E-state index in [0.717, 1.165) is 28.7 Å². The van der Waals surface area contributed by atoms with Gasteiger partial charge >= 0.3 is 0 Å². The van der Waals surface area contributed by atoms with Crippen molar-refractivity contribution in [1.82, 2.24) is 4.57 Å². The normalized spacial score (nSPS) is 12.2. The highest BCUT2D eigenvalue weighted by Crippen LogP contribution is 2.29. The monoisotopic (exact) mass is 405 g/mol. The average molecular weight is 405 g/mol. The Bertz CT molecular complexity index is 1320. The summed E-state index contributed by atoms with van der Waals surface area (Å²) >= 11 is 2.16. The largest absolute Gasteiger partial charge is 0.317 e. The lowest BCUT2D eigenvalue weighted by molar-refractivity contribution is -0.384. The first-order chi connectivity index (χ1) is 12.8. The zero-order chi connectivity index (χ0) is 19.3. The van der Waals surface area contributed by atoms with Crippen molar-refractivity contribution in [3.63, 3.8) is 0 Å². The van der Waals surface area contributed by atoms with Crippen LogP contribution < -0.4 is 4.80 Å². The number of thiazole rings is 1. The standard InChI is InChI=1S/C17H9F2N3O3S2/c1-21-15-11(19)6-9(18)7-13(15)27-17(21)20-16(23)14-5-8-4-10(22(24)25)2-3-12(8)26-14/h2-7H,1H3. The third-order valence-corrected chi connectivity index (χ3v) is 6.12. The van der Waals surface area contributed by atoms with Crippen LogP contribution in [0.2, 0.25) is 0 Å². The van der Waals surface area contributed by atoms with Crippen molar-refractivity contribution in [2.75, 3.05) is 0 Å². The van der Waals surface area contributed by atoms with Crippen LogP contribution in [0.25, 0.3) is 20.3 Å². The molecular formula is C17H9F2N3O3S2. The number of aromatic nitrogens is 1. The molecule has 0 aliphatic heterocycles. The number of benzene rings is 2. The van der Waals surface area contributed by atoms with Crippen LogP contribution in [0.3, 0.4) is 0 Å². The first-order valence-electron chi connectivity index (χ1n) is 7.55. The predicted molar refractivity (Wildman–Crippen MR) is 99.1 cm³/mol. The minimum absolute atomic E-state index is 0.0651. The molecule has 27 heavy (non-hydrogen) atoms. The molecule has 2 heterocycles. The fourth-order valence-electron chi connectivity index (χ4n) is 2.70. The number of non-ortho nitro benzene ring substituents is 1. The van der Waals surface area contributed by atoms with Gasteiger partial charge in [0.2, 0.25) is 0 Å². The van der Waals surface area contributed by atoms with E-state index in [1.54, 1.807) is 13.1 Å². The van der Waals surface area contributed by atoms with Gasteiger partial charge in [-0.1, -0.05) is 11.3 Å². The summed E-state index contributed by atoms with van der Waals surface area (Å²) in [5.41, 5.74) is 0.101. The highest BCUT2D eigenvalue weighted by molar-refractivity contribution is 7.21. The minimum atomic E-state index is -0.730. The van der Waals surface area contributed by atoms with Crippen LogP contribution >= 0.6 is 22.7 Å². The summed E-state index contributed by atoms with van der Waals surface area (Å²) in [4.78, 5) is 27.4. The molecule has 0 radical (unpaired) electrons. The second-order valence-electron chi connectivity index (χ2n) is 5.68. The number of aryl methyl sites for hydroxylation is 1. The first kappa shape index (κ1) is 17.4. The number of fused-ring (bicyclic) bond motifs is 2. The number of nitro groups is 1. The van der Waals surface area contributed by atoms with E-state index in [9.17, 15) is 23.7 Å². The molecule has 0 saturated heterocycles. The van der Waals surface area contributed by atoms with Gasteiger partial charge in [-0.25, -0.2) is 8.78 Å². The van der Waals surface area contributed by atoms with Crippen molar-refractivity contribution in [1.29, 1.82) is 0 Å². The van der Waals surface area contributed by atoms with Gasteiger partial charge in [-0.3, -0.25) is 14.9 Å². The van der Waals surface area contributed by atoms with E-state index in [0.29, 0.717) is 19.7 Å². The molecule has 2 aromatic carbocycles. The van der Waals surface area contributed by atoms with Gasteiger partial charge < -0.3 is 4.57 Å². The lowest BCUT2D eigenvalue weighted by Gasteiger charge is -1.97. The van der Waals surface area contributed by atoms with Gasteiger partial charge in [0, 0.05) is 35.3 Å². The van der Waals surface area contributed by atoms with Crippen molar-refractivity contribution in [3.05, 3.63) is 67.8 Å². The van der Waals surface area contributed by atoms with E-state index in [2.05, 4.69) is 4.99 Å². The molecule has 0 N–H and O–H groups in total. The second kappa shape index (κ2) is 6.32. The summed E-state index contributed by atoms with van der Waals surface area (Å²) in [5.74, 6) is -1.99. The average Bonchev–Trinajstić information content (AvgIpc) is 3.15. The number of nitrogens with zero attached hydrogens (tertiary/aromatic N) is 3. The van der Waals surface area contributed by atoms with Gasteiger partial charge in [0.15, 0.2) is 10.6 Å². The zero-order valence-corrected chi connectivity index (χ0v) is 15.2. The molecule has 0 saturated carbocycles. The molecule has 1 amide bonds. The molecule has 136 valence electrons. The lowest BCUT2D eigenvalue weighted by atomic mass is 10.2. The maximum Gasteiger partial charge on any atom is 0.289 e. The van der Waals surface area contributed by atoms with Crippen LogP contribution in [0.5, 0.6) is 0 Å². The van der Waals surface area contributed by atoms with Gasteiger partial charge in [-0.05, 0) is 18.2 Å². The summed E-state index contributed by atoms with van der Waals surface area (Å²) < 4.78 is 29.8. The molecule has 4 rings (SSSR count). The third-order valence-electron chi connectivity index (χ3n) is 3.94. The molecule has 0 atom stereocenters. The number of nitro benzene ring substituents is 1. The maximum absolute atomic E-state index is 14.0. The quantitative estimate of drug-likeness (QED) is 0.367. The van der Waals surface area contributed by atoms with E-state index in [-0.39, 0.29) is 16.0 Å². The number of thiophene rings is 1. The van der Waals surface area contributed by atoms with Crippen LogP contribution in [0.15, 0.2) is 41.4 Å². The van der Waals surface area contributed by atoms with E-state index < -0.39 is 22.5 Å². The van der Waals surface area contributed by atoms with Crippen LogP contribution in [0.4, 0.5) is 14.5 Å². The molecule has 0 bridgehead atoms. The number of carbonyl (C=O) groups is 1. The Morgan fingerprint density at radius 1 is 1.15 bits per heavy atom. The minimum Gasteiger partial charge on any atom is -0.317 e. The number of hydrogen-bond acceptors (Lipinski definition) is 5. The van der Waals surface area contributed by atoms with Gasteiger partial charge in [0.25, 0.3) is 11.6 Å². The maximum atomic E-state index is 14.0. The SMILES string of the molecule is Cn1c(=NC(=O)c2cc3cc([N+](=O)[O-])ccc3s2)sc2cc(F)cc(F)c21. The highest BCUT2D eigenvalue weighted by Gasteiger charge is 2.15. The molecule has 10 heteroatoms. The number of amides is 1. The van der Waals surface area contributed by atoms with Gasteiger partial charge in [-0.15, -0.1) is 11.3 Å². The Balaban J connectivity index is 1.80. The first-order valence-corrected chi connectivity index (χ1v) is 9.18. The van der Waals surface area contributed by atoms with Gasteiger partial charge in [0.05, 0.1) is 20.0 Å². The van der Waals surface area contributed by atoms with E-state index in [1.807, 2.05) is 0 Å². The van der Waals surface area contributed by atoms with Crippen LogP contribution in [0.1, 0.15) is 9.67 Å². The van der Waals surface area contributed by atoms with Gasteiger partial charge in [-0.2, -0.15) is 4.99 Å². The van der Waals surface area contributed by atoms with E-state index in [4.69, 9.17) is 0 Å². The summed E-state index contributed by atoms with van der Waals surface area (Å²) in [6, 6.07) is 7.83. The van der Waals surface area contributed by atoms with Gasteiger partial charge in [0.1, 0.15) is 5.82 Å². The molecule has 0 aliphatic carbocycles. The molecule has 6 nitrogen and oxygen atoms in total. The fourth-order valence-corrected chi connectivity index (χ4v) is 4.68. The summed E-state index contributed by atoms with van der Waals surface area (Å²) in [5, 5.41) is 11.4. The summed E-state index contributed by atoms with van der Waals surface area (Å²) in [7, 11) is 1.54. The smallest absolute Gasteiger partial charge is 0.289 e. The predicted octanol–water partition coefficient (Wildman–Crippen LogP) is 4.38. The van der Waals surface area contributed by atoms with Crippen LogP contribution in [-0.4, -0.2) is 15.4 Å². The van der Waals surface area contributed by atoms with Crippen molar-refractivity contribution < 1.29 is 18.5 Å². The number of carbonyl (C=O) groups excluding carboxylic acids is 1. The van der Waals surface area contributed by atoms with Crippen molar-refractivity contribution >= 4 is 54.6 Å². The Kier molecular flexibility index (Phi) is 4.08. The highest BCUT2D eigenvalue weighted by atomic mass is 32.1.